The predicted molar refractivity (Wildman–Crippen MR) is 122 cm³/mol. The van der Waals surface area contributed by atoms with E-state index < -0.39 is 30.4 Å². The maximum absolute atomic E-state index is 14.6. The fourth-order valence-electron chi connectivity index (χ4n) is 3.41. The highest BCUT2D eigenvalue weighted by Gasteiger charge is 2.49. The Balaban J connectivity index is 2.01. The number of rotatable bonds is 9. The molecule has 0 saturated heterocycles. The second-order valence-electron chi connectivity index (χ2n) is 7.34. The summed E-state index contributed by atoms with van der Waals surface area (Å²) in [5, 5.41) is 6.61. The molecule has 9 nitrogen and oxygen atoms in total. The number of unbranched alkanes of at least 4 members (excludes halogenated alkanes) is 1. The van der Waals surface area contributed by atoms with Crippen molar-refractivity contribution in [1.29, 1.82) is 0 Å². The van der Waals surface area contributed by atoms with Crippen LogP contribution in [-0.4, -0.2) is 51.7 Å². The third-order valence-corrected chi connectivity index (χ3v) is 7.04. The van der Waals surface area contributed by atoms with Crippen LogP contribution in [0.5, 0.6) is 0 Å². The van der Waals surface area contributed by atoms with Crippen LogP contribution in [0.3, 0.4) is 0 Å². The number of nitrogens with zero attached hydrogens (tertiary/aromatic N) is 3. The number of halogens is 2. The molecule has 2 amide bonds. The van der Waals surface area contributed by atoms with Gasteiger partial charge in [-0.1, -0.05) is 42.1 Å². The van der Waals surface area contributed by atoms with Gasteiger partial charge in [-0.05, 0) is 43.0 Å². The average molecular weight is 515 g/mol. The van der Waals surface area contributed by atoms with E-state index >= 15 is 0 Å². The Hall–Kier alpha value is -2.34. The van der Waals surface area contributed by atoms with E-state index in [0.29, 0.717) is 12.0 Å². The summed E-state index contributed by atoms with van der Waals surface area (Å²) in [7, 11) is -1.90. The number of carbonyl (C=O) groups excluding carboxylic acids is 1. The van der Waals surface area contributed by atoms with Gasteiger partial charge in [-0.25, -0.2) is 23.2 Å². The van der Waals surface area contributed by atoms with E-state index in [1.807, 2.05) is 0 Å². The minimum atomic E-state index is -4.60. The lowest BCUT2D eigenvalue weighted by atomic mass is 9.99. The van der Waals surface area contributed by atoms with Crippen LogP contribution in [0.25, 0.3) is 0 Å². The number of phosphoric ester groups is 1. The first-order valence-corrected chi connectivity index (χ1v) is 12.5. The minimum absolute atomic E-state index is 0.0921. The van der Waals surface area contributed by atoms with Crippen molar-refractivity contribution >= 4 is 30.7 Å². The molecule has 1 aliphatic heterocycles. The molecule has 0 fully saturated rings. The molecule has 1 atom stereocenters. The molecular weight excluding hydrogens is 491 g/mol. The number of benzene rings is 2. The van der Waals surface area contributed by atoms with Gasteiger partial charge in [0.25, 0.3) is 0 Å². The van der Waals surface area contributed by atoms with Crippen molar-refractivity contribution in [3.8, 4) is 0 Å². The highest BCUT2D eigenvalue weighted by atomic mass is 32.2. The SMILES string of the molecule is CON(C)C(=O)N1N=C(c2cc(F)ccc2F)SC1(CCCCOP(=O)(O)O)c1ccccc1. The summed E-state index contributed by atoms with van der Waals surface area (Å²) in [6, 6.07) is 11.3. The Morgan fingerprint density at radius 3 is 2.56 bits per heavy atom. The van der Waals surface area contributed by atoms with Gasteiger partial charge in [-0.2, -0.15) is 10.1 Å². The van der Waals surface area contributed by atoms with Crippen molar-refractivity contribution in [2.24, 2.45) is 5.10 Å². The van der Waals surface area contributed by atoms with Crippen LogP contribution in [0.1, 0.15) is 30.4 Å². The molecule has 34 heavy (non-hydrogen) atoms. The molecule has 0 spiro atoms. The number of phosphoric acid groups is 1. The number of amides is 2. The number of hydroxylamine groups is 2. The van der Waals surface area contributed by atoms with E-state index in [0.717, 1.165) is 35.0 Å². The Bertz CT molecular complexity index is 1100. The summed E-state index contributed by atoms with van der Waals surface area (Å²) in [5.41, 5.74) is 0.579. The van der Waals surface area contributed by atoms with Gasteiger partial charge in [0.2, 0.25) is 0 Å². The molecule has 2 aromatic rings. The predicted octanol–water partition coefficient (Wildman–Crippen LogP) is 4.42. The standard InChI is InChI=1S/C21H24F2N3O6PS/c1-25(31-2)20(27)26-21(15-8-4-3-5-9-15,12-6-7-13-32-33(28,29)30)34-19(24-26)17-14-16(22)10-11-18(17)23/h3-5,8-11,14H,6-7,12-13H2,1-2H3,(H2,28,29,30). The van der Waals surface area contributed by atoms with Gasteiger partial charge < -0.3 is 9.79 Å². The van der Waals surface area contributed by atoms with Crippen LogP contribution < -0.4 is 0 Å². The molecule has 2 N–H and O–H groups in total. The van der Waals surface area contributed by atoms with Gasteiger partial charge in [-0.3, -0.25) is 9.36 Å². The molecule has 1 heterocycles. The molecule has 0 aromatic heterocycles. The molecule has 2 aromatic carbocycles. The fraction of sp³-hybridized carbons (Fsp3) is 0.333. The Morgan fingerprint density at radius 1 is 1.21 bits per heavy atom. The number of hydrazone groups is 1. The number of carbonyl (C=O) groups is 1. The lowest BCUT2D eigenvalue weighted by Gasteiger charge is -2.37. The van der Waals surface area contributed by atoms with E-state index in [4.69, 9.17) is 14.6 Å². The van der Waals surface area contributed by atoms with Crippen LogP contribution in [0.4, 0.5) is 13.6 Å². The van der Waals surface area contributed by atoms with Gasteiger partial charge in [0, 0.05) is 12.6 Å². The molecular formula is C21H24F2N3O6PS. The van der Waals surface area contributed by atoms with E-state index in [1.54, 1.807) is 30.3 Å². The summed E-state index contributed by atoms with van der Waals surface area (Å²) >= 11 is 1.09. The second-order valence-corrected chi connectivity index (χ2v) is 9.84. The summed E-state index contributed by atoms with van der Waals surface area (Å²) < 4.78 is 44.0. The zero-order chi connectivity index (χ0) is 24.9. The van der Waals surface area contributed by atoms with E-state index in [-0.39, 0.29) is 30.1 Å². The van der Waals surface area contributed by atoms with Crippen LogP contribution >= 0.6 is 19.6 Å². The molecule has 0 saturated carbocycles. The zero-order valence-corrected chi connectivity index (χ0v) is 20.1. The van der Waals surface area contributed by atoms with E-state index in [1.165, 1.54) is 19.2 Å². The molecule has 0 aliphatic carbocycles. The second kappa shape index (κ2) is 10.9. The summed E-state index contributed by atoms with van der Waals surface area (Å²) in [6.07, 6.45) is 0.905. The third kappa shape index (κ3) is 6.01. The van der Waals surface area contributed by atoms with Gasteiger partial charge in [0.1, 0.15) is 21.5 Å². The Kier molecular flexibility index (Phi) is 8.45. The van der Waals surface area contributed by atoms with Crippen molar-refractivity contribution in [2.75, 3.05) is 20.8 Å². The molecule has 3 rings (SSSR count). The number of thioether (sulfide) groups is 1. The van der Waals surface area contributed by atoms with Gasteiger partial charge in [0.15, 0.2) is 0 Å². The number of hydrogen-bond donors (Lipinski definition) is 2. The maximum Gasteiger partial charge on any atom is 0.469 e. The fourth-order valence-corrected chi connectivity index (χ4v) is 5.19. The minimum Gasteiger partial charge on any atom is -0.303 e. The third-order valence-electron chi connectivity index (χ3n) is 5.08. The molecule has 0 bridgehead atoms. The Labute approximate surface area is 199 Å². The average Bonchev–Trinajstić information content (AvgIpc) is 3.19. The maximum atomic E-state index is 14.6. The molecule has 184 valence electrons. The van der Waals surface area contributed by atoms with E-state index in [9.17, 15) is 18.1 Å². The zero-order valence-electron chi connectivity index (χ0n) is 18.4. The van der Waals surface area contributed by atoms with Gasteiger partial charge >= 0.3 is 13.9 Å². The van der Waals surface area contributed by atoms with Crippen molar-refractivity contribution in [3.63, 3.8) is 0 Å². The van der Waals surface area contributed by atoms with Crippen LogP contribution in [0.15, 0.2) is 53.6 Å². The van der Waals surface area contributed by atoms with Crippen molar-refractivity contribution in [1.82, 2.24) is 10.1 Å². The smallest absolute Gasteiger partial charge is 0.303 e. The summed E-state index contributed by atoms with van der Waals surface area (Å²) in [5.74, 6) is -1.35. The monoisotopic (exact) mass is 515 g/mol. The molecule has 13 heteroatoms. The van der Waals surface area contributed by atoms with Gasteiger partial charge in [-0.15, -0.1) is 0 Å². The number of hydrogen-bond acceptors (Lipinski definition) is 6. The largest absolute Gasteiger partial charge is 0.469 e. The first-order chi connectivity index (χ1) is 16.1. The van der Waals surface area contributed by atoms with Crippen LogP contribution in [0.2, 0.25) is 0 Å². The quantitative estimate of drug-likeness (QED) is 0.289. The van der Waals surface area contributed by atoms with Crippen molar-refractivity contribution in [2.45, 2.75) is 24.1 Å². The normalized spacial score (nSPS) is 18.2. The summed E-state index contributed by atoms with van der Waals surface area (Å²) in [4.78, 5) is 34.9. The topological polar surface area (TPSA) is 112 Å². The highest BCUT2D eigenvalue weighted by molar-refractivity contribution is 8.15. The van der Waals surface area contributed by atoms with Crippen molar-refractivity contribution in [3.05, 3.63) is 71.3 Å². The molecule has 0 radical (unpaired) electrons. The Morgan fingerprint density at radius 2 is 1.91 bits per heavy atom. The lowest BCUT2D eigenvalue weighted by Crippen LogP contribution is -2.46. The summed E-state index contributed by atoms with van der Waals surface area (Å²) in [6.45, 7) is -0.196. The van der Waals surface area contributed by atoms with Gasteiger partial charge in [0.05, 0.1) is 13.7 Å². The van der Waals surface area contributed by atoms with Crippen molar-refractivity contribution < 1.29 is 37.3 Å². The first kappa shape index (κ1) is 26.3. The first-order valence-electron chi connectivity index (χ1n) is 10.2. The van der Waals surface area contributed by atoms with Crippen LogP contribution in [0, 0.1) is 11.6 Å². The van der Waals surface area contributed by atoms with E-state index in [2.05, 4.69) is 9.63 Å². The lowest BCUT2D eigenvalue weighted by molar-refractivity contribution is -0.0806. The number of urea groups is 1. The highest BCUT2D eigenvalue weighted by Crippen LogP contribution is 2.51. The van der Waals surface area contributed by atoms with Crippen LogP contribution in [-0.2, 0) is 18.8 Å². The molecule has 1 unspecified atom stereocenters. The molecule has 1 aliphatic rings.